The van der Waals surface area contributed by atoms with E-state index in [1.165, 1.54) is 0 Å². The number of carbonyl (C=O) groups is 1. The summed E-state index contributed by atoms with van der Waals surface area (Å²) in [5.74, 6) is -0.905. The molecule has 1 heterocycles. The molecule has 0 saturated heterocycles. The molecule has 0 aliphatic carbocycles. The zero-order valence-electron chi connectivity index (χ0n) is 10.3. The number of thiazole rings is 1. The van der Waals surface area contributed by atoms with Crippen molar-refractivity contribution in [1.82, 2.24) is 4.98 Å². The highest BCUT2D eigenvalue weighted by molar-refractivity contribution is 7.09. The topological polar surface area (TPSA) is 50.2 Å². The number of nitrogens with zero attached hydrogens (tertiary/aromatic N) is 1. The Hall–Kier alpha value is -2.20. The molecular formula is C15H11NO2S. The molecule has 0 aliphatic heterocycles. The molecule has 0 saturated carbocycles. The van der Waals surface area contributed by atoms with Gasteiger partial charge in [0.1, 0.15) is 0 Å². The van der Waals surface area contributed by atoms with Crippen molar-refractivity contribution >= 4 is 28.1 Å². The van der Waals surface area contributed by atoms with Crippen LogP contribution in [0.3, 0.4) is 0 Å². The molecule has 19 heavy (non-hydrogen) atoms. The Morgan fingerprint density at radius 1 is 1.16 bits per heavy atom. The fourth-order valence-corrected chi connectivity index (χ4v) is 2.81. The Kier molecular flexibility index (Phi) is 2.80. The van der Waals surface area contributed by atoms with Crippen molar-refractivity contribution in [3.8, 4) is 11.3 Å². The third-order valence-electron chi connectivity index (χ3n) is 3.05. The van der Waals surface area contributed by atoms with Crippen LogP contribution in [0.4, 0.5) is 0 Å². The van der Waals surface area contributed by atoms with E-state index in [2.05, 4.69) is 4.98 Å². The van der Waals surface area contributed by atoms with Gasteiger partial charge in [0.05, 0.1) is 16.3 Å². The SMILES string of the molecule is Cc1nc(-c2ccc(C(=O)O)c3ccccc23)cs1. The van der Waals surface area contributed by atoms with Crippen LogP contribution in [0.1, 0.15) is 15.4 Å². The van der Waals surface area contributed by atoms with Gasteiger partial charge in [0.25, 0.3) is 0 Å². The van der Waals surface area contributed by atoms with E-state index >= 15 is 0 Å². The Labute approximate surface area is 114 Å². The van der Waals surface area contributed by atoms with Crippen LogP contribution in [0.25, 0.3) is 22.0 Å². The Balaban J connectivity index is 2.34. The number of carboxylic acids is 1. The standard InChI is InChI=1S/C15H11NO2S/c1-9-16-14(8-19-9)12-6-7-13(15(17)18)11-5-3-2-4-10(11)12/h2-8H,1H3,(H,17,18). The molecule has 3 rings (SSSR count). The molecule has 0 fully saturated rings. The summed E-state index contributed by atoms with van der Waals surface area (Å²) in [4.78, 5) is 15.7. The quantitative estimate of drug-likeness (QED) is 0.765. The van der Waals surface area contributed by atoms with Crippen molar-refractivity contribution in [3.63, 3.8) is 0 Å². The van der Waals surface area contributed by atoms with E-state index in [1.54, 1.807) is 17.4 Å². The van der Waals surface area contributed by atoms with Gasteiger partial charge >= 0.3 is 5.97 Å². The Morgan fingerprint density at radius 2 is 1.89 bits per heavy atom. The van der Waals surface area contributed by atoms with Crippen LogP contribution in [0.5, 0.6) is 0 Å². The predicted molar refractivity (Wildman–Crippen MR) is 76.8 cm³/mol. The van der Waals surface area contributed by atoms with Gasteiger partial charge in [-0.05, 0) is 23.8 Å². The summed E-state index contributed by atoms with van der Waals surface area (Å²) in [6.07, 6.45) is 0. The van der Waals surface area contributed by atoms with Crippen LogP contribution >= 0.6 is 11.3 Å². The van der Waals surface area contributed by atoms with E-state index in [9.17, 15) is 9.90 Å². The Bertz CT molecular complexity index is 777. The lowest BCUT2D eigenvalue weighted by Crippen LogP contribution is -1.98. The Morgan fingerprint density at radius 3 is 2.53 bits per heavy atom. The summed E-state index contributed by atoms with van der Waals surface area (Å²) >= 11 is 1.59. The average Bonchev–Trinajstić information content (AvgIpc) is 2.83. The van der Waals surface area contributed by atoms with Gasteiger partial charge in [-0.3, -0.25) is 0 Å². The molecule has 2 aromatic carbocycles. The molecule has 3 nitrogen and oxygen atoms in total. The van der Waals surface area contributed by atoms with Crippen LogP contribution < -0.4 is 0 Å². The number of aromatic nitrogens is 1. The molecule has 4 heteroatoms. The number of carboxylic acid groups (broad SMARTS) is 1. The summed E-state index contributed by atoms with van der Waals surface area (Å²) in [5.41, 5.74) is 2.20. The highest BCUT2D eigenvalue weighted by Crippen LogP contribution is 2.31. The van der Waals surface area contributed by atoms with Gasteiger partial charge in [-0.2, -0.15) is 0 Å². The second kappa shape index (κ2) is 4.48. The van der Waals surface area contributed by atoms with Crippen LogP contribution in [-0.2, 0) is 0 Å². The van der Waals surface area contributed by atoms with Crippen LogP contribution in [0.15, 0.2) is 41.8 Å². The monoisotopic (exact) mass is 269 g/mol. The number of fused-ring (bicyclic) bond motifs is 1. The first-order valence-corrected chi connectivity index (χ1v) is 6.72. The number of aryl methyl sites for hydroxylation is 1. The summed E-state index contributed by atoms with van der Waals surface area (Å²) < 4.78 is 0. The van der Waals surface area contributed by atoms with Gasteiger partial charge in [-0.1, -0.05) is 30.3 Å². The molecule has 0 spiro atoms. The first kappa shape index (κ1) is 11.9. The van der Waals surface area contributed by atoms with Crippen molar-refractivity contribution < 1.29 is 9.90 Å². The van der Waals surface area contributed by atoms with Gasteiger partial charge in [0.15, 0.2) is 0 Å². The summed E-state index contributed by atoms with van der Waals surface area (Å²) in [7, 11) is 0. The zero-order valence-corrected chi connectivity index (χ0v) is 11.1. The van der Waals surface area contributed by atoms with Crippen molar-refractivity contribution in [1.29, 1.82) is 0 Å². The molecule has 0 amide bonds. The number of hydrogen-bond acceptors (Lipinski definition) is 3. The first-order chi connectivity index (χ1) is 9.16. The highest BCUT2D eigenvalue weighted by Gasteiger charge is 2.13. The molecule has 0 bridgehead atoms. The van der Waals surface area contributed by atoms with E-state index in [1.807, 2.05) is 42.6 Å². The number of rotatable bonds is 2. The van der Waals surface area contributed by atoms with Crippen molar-refractivity contribution in [2.75, 3.05) is 0 Å². The molecule has 3 aromatic rings. The summed E-state index contributed by atoms with van der Waals surface area (Å²) in [6.45, 7) is 1.96. The van der Waals surface area contributed by atoms with E-state index in [0.29, 0.717) is 5.56 Å². The third-order valence-corrected chi connectivity index (χ3v) is 3.82. The van der Waals surface area contributed by atoms with Gasteiger partial charge in [0, 0.05) is 10.9 Å². The average molecular weight is 269 g/mol. The van der Waals surface area contributed by atoms with Crippen LogP contribution in [0.2, 0.25) is 0 Å². The summed E-state index contributed by atoms with van der Waals surface area (Å²) in [5, 5.41) is 13.9. The molecule has 1 N–H and O–H groups in total. The van der Waals surface area contributed by atoms with Gasteiger partial charge in [-0.15, -0.1) is 11.3 Å². The van der Waals surface area contributed by atoms with Gasteiger partial charge in [0.2, 0.25) is 0 Å². The van der Waals surface area contributed by atoms with E-state index in [0.717, 1.165) is 27.0 Å². The maximum Gasteiger partial charge on any atom is 0.336 e. The molecule has 0 radical (unpaired) electrons. The smallest absolute Gasteiger partial charge is 0.336 e. The second-order valence-corrected chi connectivity index (χ2v) is 5.33. The van der Waals surface area contributed by atoms with Crippen LogP contribution in [0, 0.1) is 6.92 Å². The maximum atomic E-state index is 11.3. The normalized spacial score (nSPS) is 10.8. The summed E-state index contributed by atoms with van der Waals surface area (Å²) in [6, 6.07) is 11.0. The lowest BCUT2D eigenvalue weighted by Gasteiger charge is -2.07. The van der Waals surface area contributed by atoms with E-state index < -0.39 is 5.97 Å². The van der Waals surface area contributed by atoms with Gasteiger partial charge in [-0.25, -0.2) is 9.78 Å². The third kappa shape index (κ3) is 2.00. The number of benzene rings is 2. The number of hydrogen-bond donors (Lipinski definition) is 1. The molecule has 0 unspecified atom stereocenters. The molecule has 1 aromatic heterocycles. The second-order valence-electron chi connectivity index (χ2n) is 4.26. The largest absolute Gasteiger partial charge is 0.478 e. The lowest BCUT2D eigenvalue weighted by atomic mass is 9.98. The fourth-order valence-electron chi connectivity index (χ4n) is 2.20. The fraction of sp³-hybridized carbons (Fsp3) is 0.0667. The lowest BCUT2D eigenvalue weighted by molar-refractivity contribution is 0.0699. The molecular weight excluding hydrogens is 258 g/mol. The first-order valence-electron chi connectivity index (χ1n) is 5.84. The van der Waals surface area contributed by atoms with Crippen LogP contribution in [-0.4, -0.2) is 16.1 Å². The minimum Gasteiger partial charge on any atom is -0.478 e. The van der Waals surface area contributed by atoms with E-state index in [4.69, 9.17) is 0 Å². The minimum absolute atomic E-state index is 0.325. The predicted octanol–water partition coefficient (Wildman–Crippen LogP) is 3.97. The van der Waals surface area contributed by atoms with E-state index in [-0.39, 0.29) is 0 Å². The maximum absolute atomic E-state index is 11.3. The number of aromatic carboxylic acids is 1. The highest BCUT2D eigenvalue weighted by atomic mass is 32.1. The van der Waals surface area contributed by atoms with Gasteiger partial charge < -0.3 is 5.11 Å². The molecule has 94 valence electrons. The molecule has 0 aliphatic rings. The molecule has 0 atom stereocenters. The zero-order chi connectivity index (χ0) is 13.4. The minimum atomic E-state index is -0.905. The van der Waals surface area contributed by atoms with Crippen molar-refractivity contribution in [3.05, 3.63) is 52.3 Å². The van der Waals surface area contributed by atoms with Crippen molar-refractivity contribution in [2.24, 2.45) is 0 Å². The van der Waals surface area contributed by atoms with Crippen molar-refractivity contribution in [2.45, 2.75) is 6.92 Å².